The molecular weight excluding hydrogens is 213 g/mol. The second-order valence-corrected chi connectivity index (χ2v) is 3.68. The predicted octanol–water partition coefficient (Wildman–Crippen LogP) is 1.21. The fourth-order valence-corrected chi connectivity index (χ4v) is 1.34. The molecule has 0 amide bonds. The van der Waals surface area contributed by atoms with E-state index in [-0.39, 0.29) is 0 Å². The van der Waals surface area contributed by atoms with Crippen molar-refractivity contribution in [2.45, 2.75) is 31.7 Å². The van der Waals surface area contributed by atoms with Gasteiger partial charge in [0.15, 0.2) is 11.9 Å². The van der Waals surface area contributed by atoms with E-state index >= 15 is 0 Å². The molecule has 86 valence electrons. The summed E-state index contributed by atoms with van der Waals surface area (Å²) in [5.74, 6) is -0.637. The summed E-state index contributed by atoms with van der Waals surface area (Å²) in [6.07, 6.45) is -4.87. The van der Waals surface area contributed by atoms with Crippen molar-refractivity contribution in [2.24, 2.45) is 0 Å². The van der Waals surface area contributed by atoms with Crippen LogP contribution < -0.4 is 0 Å². The Kier molecular flexibility index (Phi) is 2.93. The van der Waals surface area contributed by atoms with Crippen molar-refractivity contribution in [2.75, 3.05) is 6.61 Å². The summed E-state index contributed by atoms with van der Waals surface area (Å²) in [6, 6.07) is 0. The quantitative estimate of drug-likeness (QED) is 0.767. The van der Waals surface area contributed by atoms with E-state index in [9.17, 15) is 23.1 Å². The minimum atomic E-state index is -4.51. The van der Waals surface area contributed by atoms with E-state index in [1.165, 1.54) is 13.8 Å². The molecule has 0 aromatic rings. The topological polar surface area (TPSA) is 46.5 Å². The van der Waals surface area contributed by atoms with Crippen molar-refractivity contribution in [1.82, 2.24) is 0 Å². The zero-order valence-corrected chi connectivity index (χ0v) is 8.26. The highest BCUT2D eigenvalue weighted by Gasteiger charge is 2.45. The smallest absolute Gasteiger partial charge is 0.383 e. The first kappa shape index (κ1) is 12.2. The van der Waals surface area contributed by atoms with Crippen LogP contribution in [0.25, 0.3) is 0 Å². The lowest BCUT2D eigenvalue weighted by atomic mass is 9.97. The standard InChI is InChI=1S/C9H11F3O3/c1-5-3-6(13)7(8(5,2)14)15-4-9(10,11)12/h3,7,14H,4H2,1-2H3/t7-,8-/m0/s1. The average molecular weight is 224 g/mol. The summed E-state index contributed by atoms with van der Waals surface area (Å²) in [7, 11) is 0. The lowest BCUT2D eigenvalue weighted by Gasteiger charge is -2.26. The number of aliphatic hydroxyl groups is 1. The van der Waals surface area contributed by atoms with E-state index in [0.29, 0.717) is 5.57 Å². The van der Waals surface area contributed by atoms with Gasteiger partial charge in [-0.3, -0.25) is 4.79 Å². The molecule has 1 aliphatic rings. The minimum Gasteiger partial charge on any atom is -0.383 e. The molecule has 0 saturated heterocycles. The number of halogens is 3. The van der Waals surface area contributed by atoms with Crippen LogP contribution in [0.5, 0.6) is 0 Å². The Morgan fingerprint density at radius 2 is 2.13 bits per heavy atom. The number of hydrogen-bond donors (Lipinski definition) is 1. The number of carbonyl (C=O) groups excluding carboxylic acids is 1. The van der Waals surface area contributed by atoms with Crippen molar-refractivity contribution in [3.05, 3.63) is 11.6 Å². The molecule has 0 radical (unpaired) electrons. The maximum absolute atomic E-state index is 11.9. The number of alkyl halides is 3. The number of hydrogen-bond acceptors (Lipinski definition) is 3. The van der Waals surface area contributed by atoms with Crippen LogP contribution in [-0.2, 0) is 9.53 Å². The fraction of sp³-hybridized carbons (Fsp3) is 0.667. The lowest BCUT2D eigenvalue weighted by molar-refractivity contribution is -0.199. The number of ketones is 1. The van der Waals surface area contributed by atoms with E-state index < -0.39 is 30.3 Å². The van der Waals surface area contributed by atoms with Gasteiger partial charge in [0, 0.05) is 0 Å². The molecule has 0 spiro atoms. The average Bonchev–Trinajstić information content (AvgIpc) is 2.18. The highest BCUT2D eigenvalue weighted by molar-refractivity contribution is 5.99. The van der Waals surface area contributed by atoms with E-state index in [0.717, 1.165) is 6.08 Å². The summed E-state index contributed by atoms with van der Waals surface area (Å²) in [5.41, 5.74) is -1.35. The van der Waals surface area contributed by atoms with E-state index in [2.05, 4.69) is 4.74 Å². The van der Waals surface area contributed by atoms with Crippen LogP contribution in [0.4, 0.5) is 13.2 Å². The van der Waals surface area contributed by atoms with Gasteiger partial charge in [-0.05, 0) is 25.5 Å². The Bertz CT molecular complexity index is 304. The van der Waals surface area contributed by atoms with E-state index in [1.54, 1.807) is 0 Å². The zero-order chi connectivity index (χ0) is 11.9. The first-order chi connectivity index (χ1) is 6.64. The fourth-order valence-electron chi connectivity index (χ4n) is 1.34. The maximum Gasteiger partial charge on any atom is 0.411 e. The predicted molar refractivity (Wildman–Crippen MR) is 45.2 cm³/mol. The summed E-state index contributed by atoms with van der Waals surface area (Å²) in [4.78, 5) is 11.2. The molecule has 1 aliphatic carbocycles. The van der Waals surface area contributed by atoms with Crippen molar-refractivity contribution in [1.29, 1.82) is 0 Å². The molecule has 3 nitrogen and oxygen atoms in total. The molecule has 1 N–H and O–H groups in total. The molecule has 1 rings (SSSR count). The van der Waals surface area contributed by atoms with Crippen LogP contribution in [-0.4, -0.2) is 35.4 Å². The second-order valence-electron chi connectivity index (χ2n) is 3.68. The number of rotatable bonds is 2. The van der Waals surface area contributed by atoms with Crippen LogP contribution in [0.1, 0.15) is 13.8 Å². The Morgan fingerprint density at radius 1 is 1.60 bits per heavy atom. The molecule has 2 atom stereocenters. The van der Waals surface area contributed by atoms with Crippen LogP contribution in [0, 0.1) is 0 Å². The van der Waals surface area contributed by atoms with Gasteiger partial charge in [-0.25, -0.2) is 0 Å². The Hall–Kier alpha value is -0.880. The van der Waals surface area contributed by atoms with E-state index in [4.69, 9.17) is 0 Å². The zero-order valence-electron chi connectivity index (χ0n) is 8.26. The Balaban J connectivity index is 2.69. The molecule has 0 fully saturated rings. The largest absolute Gasteiger partial charge is 0.411 e. The van der Waals surface area contributed by atoms with Gasteiger partial charge in [0.25, 0.3) is 0 Å². The van der Waals surface area contributed by atoms with E-state index in [1.807, 2.05) is 0 Å². The summed E-state index contributed by atoms with van der Waals surface area (Å²) in [6.45, 7) is 1.18. The third kappa shape index (κ3) is 2.57. The molecule has 0 aliphatic heterocycles. The van der Waals surface area contributed by atoms with Crippen molar-refractivity contribution < 1.29 is 27.8 Å². The SMILES string of the molecule is CC1=CC(=O)[C@H](OCC(F)(F)F)[C@@]1(C)O. The highest BCUT2D eigenvalue weighted by atomic mass is 19.4. The van der Waals surface area contributed by atoms with Crippen LogP contribution in [0.3, 0.4) is 0 Å². The minimum absolute atomic E-state index is 0.305. The van der Waals surface area contributed by atoms with Crippen molar-refractivity contribution in [3.8, 4) is 0 Å². The first-order valence-electron chi connectivity index (χ1n) is 4.28. The maximum atomic E-state index is 11.9. The van der Waals surface area contributed by atoms with Gasteiger partial charge in [0.2, 0.25) is 0 Å². The molecule has 0 unspecified atom stereocenters. The third-order valence-electron chi connectivity index (χ3n) is 2.34. The number of carbonyl (C=O) groups is 1. The lowest BCUT2D eigenvalue weighted by Crippen LogP contribution is -2.43. The molecule has 0 aromatic carbocycles. The monoisotopic (exact) mass is 224 g/mol. The van der Waals surface area contributed by atoms with Crippen LogP contribution >= 0.6 is 0 Å². The van der Waals surface area contributed by atoms with Gasteiger partial charge in [0.1, 0.15) is 12.2 Å². The Morgan fingerprint density at radius 3 is 2.47 bits per heavy atom. The van der Waals surface area contributed by atoms with Gasteiger partial charge in [-0.15, -0.1) is 0 Å². The van der Waals surface area contributed by atoms with Gasteiger partial charge < -0.3 is 9.84 Å². The normalized spacial score (nSPS) is 32.0. The number of ether oxygens (including phenoxy) is 1. The molecule has 6 heteroatoms. The summed E-state index contributed by atoms with van der Waals surface area (Å²) >= 11 is 0. The van der Waals surface area contributed by atoms with Crippen LogP contribution in [0.2, 0.25) is 0 Å². The molecule has 15 heavy (non-hydrogen) atoms. The van der Waals surface area contributed by atoms with Gasteiger partial charge in [0.05, 0.1) is 0 Å². The highest BCUT2D eigenvalue weighted by Crippen LogP contribution is 2.31. The van der Waals surface area contributed by atoms with Crippen LogP contribution in [0.15, 0.2) is 11.6 Å². The molecule has 0 saturated carbocycles. The molecule has 0 aromatic heterocycles. The van der Waals surface area contributed by atoms with Gasteiger partial charge in [-0.1, -0.05) is 0 Å². The summed E-state index contributed by atoms with van der Waals surface area (Å²) in [5, 5.41) is 9.71. The summed E-state index contributed by atoms with van der Waals surface area (Å²) < 4.78 is 39.9. The third-order valence-corrected chi connectivity index (χ3v) is 2.34. The Labute approximate surface area is 84.5 Å². The molecule has 0 bridgehead atoms. The second kappa shape index (κ2) is 3.61. The molecule has 0 heterocycles. The van der Waals surface area contributed by atoms with Gasteiger partial charge >= 0.3 is 6.18 Å². The van der Waals surface area contributed by atoms with Gasteiger partial charge in [-0.2, -0.15) is 13.2 Å². The molecular formula is C9H11F3O3. The first-order valence-corrected chi connectivity index (χ1v) is 4.28. The van der Waals surface area contributed by atoms with Crippen molar-refractivity contribution >= 4 is 5.78 Å². The van der Waals surface area contributed by atoms with Crippen molar-refractivity contribution in [3.63, 3.8) is 0 Å².